The van der Waals surface area contributed by atoms with Crippen LogP contribution < -0.4 is 5.32 Å². The first-order valence-electron chi connectivity index (χ1n) is 6.37. The molecule has 0 spiro atoms. The van der Waals surface area contributed by atoms with E-state index >= 15 is 0 Å². The van der Waals surface area contributed by atoms with Crippen LogP contribution in [0.2, 0.25) is 0 Å². The van der Waals surface area contributed by atoms with Gasteiger partial charge in [-0.3, -0.25) is 4.79 Å². The first-order valence-corrected chi connectivity index (χ1v) is 6.37. The van der Waals surface area contributed by atoms with Crippen molar-refractivity contribution in [3.8, 4) is 0 Å². The predicted octanol–water partition coefficient (Wildman–Crippen LogP) is 1.20. The molecule has 1 atom stereocenters. The second kappa shape index (κ2) is 6.52. The molecule has 2 rings (SSSR count). The smallest absolute Gasteiger partial charge is 0.225 e. The zero-order chi connectivity index (χ0) is 12.8. The van der Waals surface area contributed by atoms with Crippen LogP contribution in [0.3, 0.4) is 0 Å². The fourth-order valence-electron chi connectivity index (χ4n) is 2.31. The number of hydrogen-bond donors (Lipinski definition) is 1. The van der Waals surface area contributed by atoms with Crippen molar-refractivity contribution >= 4 is 5.91 Å². The highest BCUT2D eigenvalue weighted by Crippen LogP contribution is 2.22. The Bertz CT molecular complexity index is 381. The van der Waals surface area contributed by atoms with E-state index < -0.39 is 0 Å². The molecule has 0 aliphatic carbocycles. The number of amides is 1. The second-order valence-electron chi connectivity index (χ2n) is 4.46. The van der Waals surface area contributed by atoms with Crippen LogP contribution in [0.4, 0.5) is 0 Å². The zero-order valence-corrected chi connectivity index (χ0v) is 10.8. The summed E-state index contributed by atoms with van der Waals surface area (Å²) in [6.07, 6.45) is 0.458. The Balaban J connectivity index is 2.09. The molecule has 4 heteroatoms. The van der Waals surface area contributed by atoms with Crippen molar-refractivity contribution in [1.82, 2.24) is 10.2 Å². The third-order valence-corrected chi connectivity index (χ3v) is 3.27. The number of carbonyl (C=O) groups is 1. The molecule has 1 aromatic rings. The Morgan fingerprint density at radius 1 is 1.44 bits per heavy atom. The van der Waals surface area contributed by atoms with E-state index in [1.54, 1.807) is 7.11 Å². The van der Waals surface area contributed by atoms with Crippen LogP contribution in [0.5, 0.6) is 0 Å². The largest absolute Gasteiger partial charge is 0.384 e. The van der Waals surface area contributed by atoms with E-state index in [2.05, 4.69) is 17.4 Å². The quantitative estimate of drug-likeness (QED) is 0.870. The molecule has 98 valence electrons. The molecule has 0 aromatic heterocycles. The fraction of sp³-hybridized carbons (Fsp3) is 0.500. The molecular weight excluding hydrogens is 228 g/mol. The van der Waals surface area contributed by atoms with E-state index in [1.165, 1.54) is 5.56 Å². The molecule has 1 saturated heterocycles. The molecule has 1 aliphatic rings. The Hall–Kier alpha value is -1.39. The minimum Gasteiger partial charge on any atom is -0.384 e. The van der Waals surface area contributed by atoms with Crippen molar-refractivity contribution in [2.45, 2.75) is 12.5 Å². The van der Waals surface area contributed by atoms with Gasteiger partial charge in [0.2, 0.25) is 5.91 Å². The standard InChI is InChI=1S/C14H20N2O2/c1-18-10-7-14(17)16-9-8-15-11-13(16)12-5-3-2-4-6-12/h2-6,13,15H,7-11H2,1H3/t13-/m1/s1. The van der Waals surface area contributed by atoms with Gasteiger partial charge in [-0.2, -0.15) is 0 Å². The van der Waals surface area contributed by atoms with Crippen LogP contribution in [0, 0.1) is 0 Å². The lowest BCUT2D eigenvalue weighted by Crippen LogP contribution is -2.48. The lowest BCUT2D eigenvalue weighted by molar-refractivity contribution is -0.135. The number of nitrogens with one attached hydrogen (secondary N) is 1. The average molecular weight is 248 g/mol. The Morgan fingerprint density at radius 2 is 2.22 bits per heavy atom. The third-order valence-electron chi connectivity index (χ3n) is 3.27. The van der Waals surface area contributed by atoms with Crippen LogP contribution in [0.15, 0.2) is 30.3 Å². The molecule has 4 nitrogen and oxygen atoms in total. The second-order valence-corrected chi connectivity index (χ2v) is 4.46. The van der Waals surface area contributed by atoms with E-state index in [0.717, 1.165) is 19.6 Å². The predicted molar refractivity (Wildman–Crippen MR) is 70.3 cm³/mol. The number of hydrogen-bond acceptors (Lipinski definition) is 3. The summed E-state index contributed by atoms with van der Waals surface area (Å²) in [6, 6.07) is 10.3. The maximum Gasteiger partial charge on any atom is 0.225 e. The Labute approximate surface area is 108 Å². The van der Waals surface area contributed by atoms with Crippen LogP contribution >= 0.6 is 0 Å². The maximum atomic E-state index is 12.2. The molecule has 1 aliphatic heterocycles. The van der Waals surface area contributed by atoms with Gasteiger partial charge in [0.15, 0.2) is 0 Å². The van der Waals surface area contributed by atoms with Gasteiger partial charge in [0.1, 0.15) is 0 Å². The normalized spacial score (nSPS) is 19.8. The maximum absolute atomic E-state index is 12.2. The summed E-state index contributed by atoms with van der Waals surface area (Å²) in [5, 5.41) is 3.35. The number of rotatable bonds is 4. The van der Waals surface area contributed by atoms with Crippen LogP contribution in [-0.2, 0) is 9.53 Å². The van der Waals surface area contributed by atoms with Gasteiger partial charge in [-0.1, -0.05) is 30.3 Å². The molecule has 1 fully saturated rings. The molecule has 1 aromatic carbocycles. The first kappa shape index (κ1) is 13.1. The lowest BCUT2D eigenvalue weighted by atomic mass is 10.0. The highest BCUT2D eigenvalue weighted by atomic mass is 16.5. The molecule has 1 heterocycles. The topological polar surface area (TPSA) is 41.6 Å². The number of ether oxygens (including phenoxy) is 1. The monoisotopic (exact) mass is 248 g/mol. The summed E-state index contributed by atoms with van der Waals surface area (Å²) in [5.74, 6) is 0.173. The molecule has 18 heavy (non-hydrogen) atoms. The molecule has 0 saturated carbocycles. The van der Waals surface area contributed by atoms with Crippen LogP contribution in [0.25, 0.3) is 0 Å². The fourth-order valence-corrected chi connectivity index (χ4v) is 2.31. The van der Waals surface area contributed by atoms with Gasteiger partial charge in [0.05, 0.1) is 19.1 Å². The highest BCUT2D eigenvalue weighted by Gasteiger charge is 2.27. The van der Waals surface area contributed by atoms with Crippen molar-refractivity contribution < 1.29 is 9.53 Å². The van der Waals surface area contributed by atoms with Crippen molar-refractivity contribution in [1.29, 1.82) is 0 Å². The molecule has 0 radical (unpaired) electrons. The summed E-state index contributed by atoms with van der Waals surface area (Å²) >= 11 is 0. The number of benzene rings is 1. The number of methoxy groups -OCH3 is 1. The summed E-state index contributed by atoms with van der Waals surface area (Å²) in [5.41, 5.74) is 1.19. The van der Waals surface area contributed by atoms with Gasteiger partial charge in [-0.15, -0.1) is 0 Å². The van der Waals surface area contributed by atoms with Gasteiger partial charge in [-0.05, 0) is 5.56 Å². The van der Waals surface area contributed by atoms with Gasteiger partial charge in [0, 0.05) is 26.7 Å². The summed E-state index contributed by atoms with van der Waals surface area (Å²) in [4.78, 5) is 14.1. The average Bonchev–Trinajstić information content (AvgIpc) is 2.45. The van der Waals surface area contributed by atoms with E-state index in [-0.39, 0.29) is 11.9 Å². The van der Waals surface area contributed by atoms with E-state index in [9.17, 15) is 4.79 Å². The SMILES string of the molecule is COCCC(=O)N1CCNC[C@@H]1c1ccccc1. The number of carbonyl (C=O) groups excluding carboxylic acids is 1. The van der Waals surface area contributed by atoms with Crippen LogP contribution in [-0.4, -0.2) is 44.2 Å². The lowest BCUT2D eigenvalue weighted by Gasteiger charge is -2.36. The zero-order valence-electron chi connectivity index (χ0n) is 10.8. The van der Waals surface area contributed by atoms with Crippen molar-refractivity contribution in [3.63, 3.8) is 0 Å². The Kier molecular flexibility index (Phi) is 4.73. The van der Waals surface area contributed by atoms with Crippen molar-refractivity contribution in [3.05, 3.63) is 35.9 Å². The summed E-state index contributed by atoms with van der Waals surface area (Å²) in [7, 11) is 1.62. The van der Waals surface area contributed by atoms with Gasteiger partial charge >= 0.3 is 0 Å². The van der Waals surface area contributed by atoms with E-state index in [0.29, 0.717) is 13.0 Å². The molecule has 0 bridgehead atoms. The van der Waals surface area contributed by atoms with Gasteiger partial charge < -0.3 is 15.0 Å². The minimum atomic E-state index is 0.143. The first-order chi connectivity index (χ1) is 8.83. The summed E-state index contributed by atoms with van der Waals surface area (Å²) in [6.45, 7) is 2.94. The molecule has 1 amide bonds. The van der Waals surface area contributed by atoms with Crippen molar-refractivity contribution in [2.75, 3.05) is 33.4 Å². The van der Waals surface area contributed by atoms with E-state index in [4.69, 9.17) is 4.74 Å². The van der Waals surface area contributed by atoms with Crippen LogP contribution in [0.1, 0.15) is 18.0 Å². The van der Waals surface area contributed by atoms with Gasteiger partial charge in [-0.25, -0.2) is 0 Å². The minimum absolute atomic E-state index is 0.143. The third kappa shape index (κ3) is 3.09. The van der Waals surface area contributed by atoms with E-state index in [1.807, 2.05) is 23.1 Å². The summed E-state index contributed by atoms with van der Waals surface area (Å²) < 4.78 is 4.98. The molecule has 0 unspecified atom stereocenters. The number of piperazine rings is 1. The van der Waals surface area contributed by atoms with Gasteiger partial charge in [0.25, 0.3) is 0 Å². The van der Waals surface area contributed by atoms with Crippen molar-refractivity contribution in [2.24, 2.45) is 0 Å². The highest BCUT2D eigenvalue weighted by molar-refractivity contribution is 5.77. The number of nitrogens with zero attached hydrogens (tertiary/aromatic N) is 1. The molecular formula is C14H20N2O2. The Morgan fingerprint density at radius 3 is 2.94 bits per heavy atom. The molecule has 1 N–H and O–H groups in total.